The molecule has 4 nitrogen and oxygen atoms in total. The Morgan fingerprint density at radius 1 is 1.16 bits per heavy atom. The third-order valence-electron chi connectivity index (χ3n) is 3.64. The van der Waals surface area contributed by atoms with E-state index in [2.05, 4.69) is 0 Å². The van der Waals surface area contributed by atoms with Crippen LogP contribution in [0, 0.1) is 5.92 Å². The van der Waals surface area contributed by atoms with Crippen LogP contribution in [0.4, 0.5) is 0 Å². The normalized spacial score (nSPS) is 11.0. The number of benzene rings is 2. The molecule has 128 valence electrons. The molecule has 3 aromatic rings. The lowest BCUT2D eigenvalue weighted by Crippen LogP contribution is -2.17. The fraction of sp³-hybridized carbons (Fsp3) is 0.200. The lowest BCUT2D eigenvalue weighted by atomic mass is 10.1. The Kier molecular flexibility index (Phi) is 4.91. The molecule has 5 heteroatoms. The van der Waals surface area contributed by atoms with Crippen molar-refractivity contribution >= 4 is 28.5 Å². The smallest absolute Gasteiger partial charge is 0.311 e. The predicted octanol–water partition coefficient (Wildman–Crippen LogP) is 5.06. The third-order valence-corrected chi connectivity index (χ3v) is 3.87. The van der Waals surface area contributed by atoms with E-state index in [0.717, 1.165) is 0 Å². The molecule has 25 heavy (non-hydrogen) atoms. The van der Waals surface area contributed by atoms with Crippen LogP contribution in [0.3, 0.4) is 0 Å². The third kappa shape index (κ3) is 3.74. The van der Waals surface area contributed by atoms with Gasteiger partial charge in [0.25, 0.3) is 0 Å². The van der Waals surface area contributed by atoms with Crippen LogP contribution in [0.2, 0.25) is 5.02 Å². The lowest BCUT2D eigenvalue weighted by Gasteiger charge is -2.11. The van der Waals surface area contributed by atoms with E-state index in [0.29, 0.717) is 16.2 Å². The summed E-state index contributed by atoms with van der Waals surface area (Å²) in [4.78, 5) is 25.0. The molecule has 0 aliphatic rings. The zero-order chi connectivity index (χ0) is 18.0. The molecular formula is C20H17ClO4. The van der Waals surface area contributed by atoms with Gasteiger partial charge in [-0.15, -0.1) is 0 Å². The number of hydrogen-bond acceptors (Lipinski definition) is 4. The van der Waals surface area contributed by atoms with Crippen molar-refractivity contribution in [1.82, 2.24) is 0 Å². The molecule has 0 aliphatic carbocycles. The van der Waals surface area contributed by atoms with E-state index in [-0.39, 0.29) is 29.2 Å². The van der Waals surface area contributed by atoms with Crippen molar-refractivity contribution in [3.05, 3.63) is 63.8 Å². The number of carbonyl (C=O) groups is 1. The number of rotatable bonds is 4. The lowest BCUT2D eigenvalue weighted by molar-refractivity contribution is -0.135. The first-order valence-electron chi connectivity index (χ1n) is 7.98. The van der Waals surface area contributed by atoms with Crippen molar-refractivity contribution in [2.45, 2.75) is 20.3 Å². The molecule has 0 saturated heterocycles. The van der Waals surface area contributed by atoms with Crippen molar-refractivity contribution in [3.8, 4) is 17.1 Å². The Morgan fingerprint density at radius 2 is 1.88 bits per heavy atom. The molecule has 0 atom stereocenters. The number of fused-ring (bicyclic) bond motifs is 1. The van der Waals surface area contributed by atoms with E-state index >= 15 is 0 Å². The summed E-state index contributed by atoms with van der Waals surface area (Å²) in [5.41, 5.74) is 0.625. The average molecular weight is 357 g/mol. The predicted molar refractivity (Wildman–Crippen MR) is 98.0 cm³/mol. The standard InChI is InChI=1S/C20H17ClO4/c1-12(2)10-17(22)25-20-18(23)15-11-14(21)8-9-16(15)24-19(20)13-6-4-3-5-7-13/h3-9,11-12H,10H2,1-2H3. The maximum absolute atomic E-state index is 12.9. The van der Waals surface area contributed by atoms with Crippen LogP contribution in [-0.4, -0.2) is 5.97 Å². The van der Waals surface area contributed by atoms with Crippen molar-refractivity contribution in [2.75, 3.05) is 0 Å². The van der Waals surface area contributed by atoms with Gasteiger partial charge in [0.05, 0.1) is 5.39 Å². The minimum Gasteiger partial charge on any atom is -0.452 e. The molecule has 0 N–H and O–H groups in total. The monoisotopic (exact) mass is 356 g/mol. The zero-order valence-electron chi connectivity index (χ0n) is 13.9. The minimum absolute atomic E-state index is 0.105. The van der Waals surface area contributed by atoms with Gasteiger partial charge in [0.1, 0.15) is 5.58 Å². The Hall–Kier alpha value is -2.59. The second-order valence-electron chi connectivity index (χ2n) is 6.17. The van der Waals surface area contributed by atoms with Crippen LogP contribution in [0.25, 0.3) is 22.3 Å². The van der Waals surface area contributed by atoms with Crippen molar-refractivity contribution in [3.63, 3.8) is 0 Å². The first kappa shape index (κ1) is 17.2. The number of ether oxygens (including phenoxy) is 1. The second-order valence-corrected chi connectivity index (χ2v) is 6.60. The quantitative estimate of drug-likeness (QED) is 0.613. The van der Waals surface area contributed by atoms with Crippen LogP contribution in [0.1, 0.15) is 20.3 Å². The Bertz CT molecular complexity index is 974. The van der Waals surface area contributed by atoms with Gasteiger partial charge in [0.15, 0.2) is 5.76 Å². The summed E-state index contributed by atoms with van der Waals surface area (Å²) < 4.78 is 11.3. The minimum atomic E-state index is -0.471. The molecule has 0 spiro atoms. The van der Waals surface area contributed by atoms with Crippen LogP contribution < -0.4 is 10.2 Å². The van der Waals surface area contributed by atoms with Gasteiger partial charge < -0.3 is 9.15 Å². The summed E-state index contributed by atoms with van der Waals surface area (Å²) in [7, 11) is 0. The first-order chi connectivity index (χ1) is 12.0. The van der Waals surface area contributed by atoms with Gasteiger partial charge in [0, 0.05) is 17.0 Å². The van der Waals surface area contributed by atoms with E-state index in [1.54, 1.807) is 24.3 Å². The van der Waals surface area contributed by atoms with Gasteiger partial charge in [0.2, 0.25) is 11.2 Å². The summed E-state index contributed by atoms with van der Waals surface area (Å²) in [5.74, 6) is -0.223. The van der Waals surface area contributed by atoms with Crippen molar-refractivity contribution in [1.29, 1.82) is 0 Å². The maximum Gasteiger partial charge on any atom is 0.311 e. The number of carbonyl (C=O) groups excluding carboxylic acids is 1. The molecule has 3 rings (SSSR count). The van der Waals surface area contributed by atoms with E-state index in [1.165, 1.54) is 6.07 Å². The van der Waals surface area contributed by atoms with Crippen molar-refractivity contribution in [2.24, 2.45) is 5.92 Å². The number of halogens is 1. The summed E-state index contributed by atoms with van der Waals surface area (Å²) in [5, 5.41) is 0.686. The average Bonchev–Trinajstić information content (AvgIpc) is 2.58. The molecule has 1 heterocycles. The van der Waals surface area contributed by atoms with E-state index in [9.17, 15) is 9.59 Å². The Labute approximate surface area is 150 Å². The molecule has 0 amide bonds. The highest BCUT2D eigenvalue weighted by atomic mass is 35.5. The highest BCUT2D eigenvalue weighted by Gasteiger charge is 2.21. The van der Waals surface area contributed by atoms with Crippen LogP contribution in [-0.2, 0) is 4.79 Å². The van der Waals surface area contributed by atoms with E-state index < -0.39 is 11.4 Å². The molecule has 0 saturated carbocycles. The van der Waals surface area contributed by atoms with Crippen molar-refractivity contribution < 1.29 is 13.9 Å². The fourth-order valence-corrected chi connectivity index (χ4v) is 2.68. The molecular weight excluding hydrogens is 340 g/mol. The van der Waals surface area contributed by atoms with Gasteiger partial charge in [-0.3, -0.25) is 9.59 Å². The van der Waals surface area contributed by atoms with Crippen LogP contribution >= 0.6 is 11.6 Å². The van der Waals surface area contributed by atoms with Gasteiger partial charge in [-0.25, -0.2) is 0 Å². The Balaban J connectivity index is 2.21. The highest BCUT2D eigenvalue weighted by Crippen LogP contribution is 2.31. The molecule has 0 aliphatic heterocycles. The summed E-state index contributed by atoms with van der Waals surface area (Å²) in [6.07, 6.45) is 0.210. The maximum atomic E-state index is 12.9. The highest BCUT2D eigenvalue weighted by molar-refractivity contribution is 6.31. The molecule has 0 bridgehead atoms. The van der Waals surface area contributed by atoms with Crippen LogP contribution in [0.5, 0.6) is 5.75 Å². The topological polar surface area (TPSA) is 56.5 Å². The second kappa shape index (κ2) is 7.11. The van der Waals surface area contributed by atoms with Gasteiger partial charge in [-0.1, -0.05) is 55.8 Å². The summed E-state index contributed by atoms with van der Waals surface area (Å²) in [6, 6.07) is 13.9. The molecule has 2 aromatic carbocycles. The van der Waals surface area contributed by atoms with Gasteiger partial charge >= 0.3 is 5.97 Å². The molecule has 0 fully saturated rings. The molecule has 0 radical (unpaired) electrons. The largest absolute Gasteiger partial charge is 0.452 e. The number of esters is 1. The SMILES string of the molecule is CC(C)CC(=O)Oc1c(-c2ccccc2)oc2ccc(Cl)cc2c1=O. The zero-order valence-corrected chi connectivity index (χ0v) is 14.7. The van der Waals surface area contributed by atoms with Crippen LogP contribution in [0.15, 0.2) is 57.7 Å². The van der Waals surface area contributed by atoms with Gasteiger partial charge in [-0.2, -0.15) is 0 Å². The molecule has 1 aromatic heterocycles. The molecule has 0 unspecified atom stereocenters. The summed E-state index contributed by atoms with van der Waals surface area (Å²) in [6.45, 7) is 3.81. The first-order valence-corrected chi connectivity index (χ1v) is 8.36. The van der Waals surface area contributed by atoms with E-state index in [4.69, 9.17) is 20.8 Å². The fourth-order valence-electron chi connectivity index (χ4n) is 2.51. The number of hydrogen-bond donors (Lipinski definition) is 0. The van der Waals surface area contributed by atoms with Gasteiger partial charge in [-0.05, 0) is 24.1 Å². The summed E-state index contributed by atoms with van der Waals surface area (Å²) >= 11 is 5.99. The van der Waals surface area contributed by atoms with E-state index in [1.807, 2.05) is 32.0 Å². The Morgan fingerprint density at radius 3 is 2.56 bits per heavy atom.